The lowest BCUT2D eigenvalue weighted by atomic mass is 9.84. The number of carbonyl (C=O) groups is 1. The van der Waals surface area contributed by atoms with Gasteiger partial charge in [0.25, 0.3) is 5.91 Å². The van der Waals surface area contributed by atoms with Gasteiger partial charge in [-0.2, -0.15) is 0 Å². The summed E-state index contributed by atoms with van der Waals surface area (Å²) in [5.74, 6) is 0.679. The van der Waals surface area contributed by atoms with Crippen molar-refractivity contribution < 1.29 is 4.79 Å². The van der Waals surface area contributed by atoms with Crippen LogP contribution in [0.3, 0.4) is 0 Å². The highest BCUT2D eigenvalue weighted by Crippen LogP contribution is 2.29. The van der Waals surface area contributed by atoms with Gasteiger partial charge in [0.05, 0.1) is 11.1 Å². The molecule has 0 unspecified atom stereocenters. The standard InChI is InChI=1S/C27H27N3O/c1-18-4-2-3-5-24(18)20-7-9-26-21(14-20)6-8-23-15-22(16-30(23)26)27(31)28-25-17-29-12-10-19(25)11-13-29/h2-9,14-16,19,25H,10-13,17H2,1H3,(H,28,31)/t25-/m0/s1. The number of amides is 1. The Morgan fingerprint density at radius 3 is 2.61 bits per heavy atom. The van der Waals surface area contributed by atoms with E-state index in [2.05, 4.69) is 76.1 Å². The molecule has 3 fully saturated rings. The van der Waals surface area contributed by atoms with Gasteiger partial charge in [-0.25, -0.2) is 0 Å². The van der Waals surface area contributed by atoms with E-state index in [-0.39, 0.29) is 11.9 Å². The summed E-state index contributed by atoms with van der Waals surface area (Å²) in [6.45, 7) is 5.51. The van der Waals surface area contributed by atoms with Gasteiger partial charge >= 0.3 is 0 Å². The van der Waals surface area contributed by atoms with Crippen molar-refractivity contribution in [3.63, 3.8) is 0 Å². The van der Waals surface area contributed by atoms with Crippen LogP contribution in [-0.4, -0.2) is 40.9 Å². The van der Waals surface area contributed by atoms with E-state index < -0.39 is 0 Å². The first-order valence-corrected chi connectivity index (χ1v) is 11.3. The molecule has 1 N–H and O–H groups in total. The first kappa shape index (κ1) is 18.6. The highest BCUT2D eigenvalue weighted by Gasteiger charge is 2.35. The number of aryl methyl sites for hydroxylation is 1. The molecule has 4 heteroatoms. The number of nitrogens with zero attached hydrogens (tertiary/aromatic N) is 2. The third kappa shape index (κ3) is 3.22. The predicted octanol–water partition coefficient (Wildman–Crippen LogP) is 4.89. The Hall–Kier alpha value is -3.11. The van der Waals surface area contributed by atoms with Crippen molar-refractivity contribution in [1.29, 1.82) is 0 Å². The van der Waals surface area contributed by atoms with E-state index in [1.54, 1.807) is 0 Å². The first-order valence-electron chi connectivity index (χ1n) is 11.3. The van der Waals surface area contributed by atoms with Gasteiger partial charge in [0.2, 0.25) is 0 Å². The van der Waals surface area contributed by atoms with Gasteiger partial charge in [0, 0.05) is 24.3 Å². The molecule has 0 aliphatic carbocycles. The van der Waals surface area contributed by atoms with E-state index in [1.807, 2.05) is 12.3 Å². The number of carbonyl (C=O) groups excluding carboxylic acids is 1. The number of pyridine rings is 1. The number of rotatable bonds is 3. The lowest BCUT2D eigenvalue weighted by Gasteiger charge is -2.44. The molecule has 4 nitrogen and oxygen atoms in total. The molecule has 156 valence electrons. The monoisotopic (exact) mass is 409 g/mol. The third-order valence-corrected chi connectivity index (χ3v) is 7.26. The summed E-state index contributed by atoms with van der Waals surface area (Å²) in [6, 6.07) is 21.6. The molecule has 2 aromatic heterocycles. The Labute approximate surface area is 182 Å². The second-order valence-corrected chi connectivity index (χ2v) is 9.16. The zero-order valence-corrected chi connectivity index (χ0v) is 17.8. The topological polar surface area (TPSA) is 36.8 Å². The number of hydrogen-bond donors (Lipinski definition) is 1. The molecular weight excluding hydrogens is 382 g/mol. The maximum atomic E-state index is 13.0. The Morgan fingerprint density at radius 1 is 1.00 bits per heavy atom. The second-order valence-electron chi connectivity index (χ2n) is 9.16. The van der Waals surface area contributed by atoms with Crippen molar-refractivity contribution in [2.24, 2.45) is 5.92 Å². The number of piperidine rings is 3. The molecule has 4 aromatic rings. The van der Waals surface area contributed by atoms with Crippen molar-refractivity contribution in [3.05, 3.63) is 78.0 Å². The van der Waals surface area contributed by atoms with Crippen LogP contribution in [0.1, 0.15) is 28.8 Å². The smallest absolute Gasteiger partial charge is 0.253 e. The number of fused-ring (bicyclic) bond motifs is 6. The zero-order chi connectivity index (χ0) is 20.9. The van der Waals surface area contributed by atoms with Crippen LogP contribution in [0.5, 0.6) is 0 Å². The first-order chi connectivity index (χ1) is 15.2. The fourth-order valence-corrected chi connectivity index (χ4v) is 5.47. The molecule has 31 heavy (non-hydrogen) atoms. The zero-order valence-electron chi connectivity index (χ0n) is 17.8. The Morgan fingerprint density at radius 2 is 1.84 bits per heavy atom. The highest BCUT2D eigenvalue weighted by molar-refractivity contribution is 5.97. The van der Waals surface area contributed by atoms with Gasteiger partial charge in [-0.1, -0.05) is 36.4 Å². The van der Waals surface area contributed by atoms with Crippen LogP contribution in [0, 0.1) is 12.8 Å². The normalized spacial score (nSPS) is 22.8. The van der Waals surface area contributed by atoms with Gasteiger partial charge in [0.1, 0.15) is 0 Å². The average Bonchev–Trinajstić information content (AvgIpc) is 3.25. The fourth-order valence-electron chi connectivity index (χ4n) is 5.47. The van der Waals surface area contributed by atoms with Crippen molar-refractivity contribution in [1.82, 2.24) is 14.6 Å². The summed E-state index contributed by atoms with van der Waals surface area (Å²) in [7, 11) is 0. The highest BCUT2D eigenvalue weighted by atomic mass is 16.1. The molecule has 3 saturated heterocycles. The van der Waals surface area contributed by atoms with Gasteiger partial charge in [-0.3, -0.25) is 4.79 Å². The van der Waals surface area contributed by atoms with E-state index in [4.69, 9.17) is 0 Å². The lowest BCUT2D eigenvalue weighted by Crippen LogP contribution is -2.57. The summed E-state index contributed by atoms with van der Waals surface area (Å²) >= 11 is 0. The van der Waals surface area contributed by atoms with Crippen LogP contribution in [0.4, 0.5) is 0 Å². The summed E-state index contributed by atoms with van der Waals surface area (Å²) in [5.41, 5.74) is 6.67. The van der Waals surface area contributed by atoms with Crippen molar-refractivity contribution in [2.75, 3.05) is 19.6 Å². The molecular formula is C27H27N3O. The Balaban J connectivity index is 1.32. The number of aromatic nitrogens is 1. The maximum Gasteiger partial charge on any atom is 0.253 e. The quantitative estimate of drug-likeness (QED) is 0.523. The molecule has 1 amide bonds. The van der Waals surface area contributed by atoms with E-state index in [0.717, 1.165) is 23.1 Å². The molecule has 5 heterocycles. The SMILES string of the molecule is Cc1ccccc1-c1ccc2c(ccc3cc(C(=O)N[C@H]4CN5CCC4CC5)cn32)c1. The number of nitrogens with one attached hydrogen (secondary N) is 1. The second kappa shape index (κ2) is 7.24. The minimum Gasteiger partial charge on any atom is -0.348 e. The number of benzene rings is 2. The third-order valence-electron chi connectivity index (χ3n) is 7.26. The number of hydrogen-bond acceptors (Lipinski definition) is 2. The molecule has 2 aromatic carbocycles. The van der Waals surface area contributed by atoms with Crippen LogP contribution in [-0.2, 0) is 0 Å². The fraction of sp³-hybridized carbons (Fsp3) is 0.296. The maximum absolute atomic E-state index is 13.0. The Bertz CT molecular complexity index is 1300. The summed E-state index contributed by atoms with van der Waals surface area (Å²) in [4.78, 5) is 15.5. The minimum atomic E-state index is 0.0483. The van der Waals surface area contributed by atoms with Gasteiger partial charge in [-0.05, 0) is 85.1 Å². The van der Waals surface area contributed by atoms with E-state index >= 15 is 0 Å². The van der Waals surface area contributed by atoms with E-state index in [9.17, 15) is 4.79 Å². The van der Waals surface area contributed by atoms with E-state index in [1.165, 1.54) is 48.0 Å². The van der Waals surface area contributed by atoms with Crippen LogP contribution in [0.15, 0.2) is 66.9 Å². The average molecular weight is 410 g/mol. The summed E-state index contributed by atoms with van der Waals surface area (Å²) < 4.78 is 2.14. The van der Waals surface area contributed by atoms with Crippen LogP contribution in [0.2, 0.25) is 0 Å². The largest absolute Gasteiger partial charge is 0.348 e. The molecule has 7 rings (SSSR count). The van der Waals surface area contributed by atoms with Crippen molar-refractivity contribution >= 4 is 22.3 Å². The van der Waals surface area contributed by atoms with Crippen molar-refractivity contribution in [3.8, 4) is 11.1 Å². The van der Waals surface area contributed by atoms with Gasteiger partial charge in [-0.15, -0.1) is 0 Å². The predicted molar refractivity (Wildman–Crippen MR) is 125 cm³/mol. The molecule has 3 aliphatic rings. The molecule has 0 saturated carbocycles. The molecule has 3 aliphatic heterocycles. The lowest BCUT2D eigenvalue weighted by molar-refractivity contribution is 0.0620. The molecule has 1 atom stereocenters. The molecule has 2 bridgehead atoms. The molecule has 0 spiro atoms. The molecule has 0 radical (unpaired) electrons. The summed E-state index contributed by atoms with van der Waals surface area (Å²) in [5, 5.41) is 4.49. The minimum absolute atomic E-state index is 0.0483. The van der Waals surface area contributed by atoms with Crippen LogP contribution >= 0.6 is 0 Å². The van der Waals surface area contributed by atoms with Crippen LogP contribution in [0.25, 0.3) is 27.5 Å². The van der Waals surface area contributed by atoms with Crippen molar-refractivity contribution in [2.45, 2.75) is 25.8 Å². The van der Waals surface area contributed by atoms with E-state index in [0.29, 0.717) is 5.92 Å². The van der Waals surface area contributed by atoms with Gasteiger partial charge < -0.3 is 14.6 Å². The van der Waals surface area contributed by atoms with Gasteiger partial charge in [0.15, 0.2) is 0 Å². The summed E-state index contributed by atoms with van der Waals surface area (Å²) in [6.07, 6.45) is 4.40. The van der Waals surface area contributed by atoms with Crippen LogP contribution < -0.4 is 5.32 Å². The Kier molecular flexibility index (Phi) is 4.35.